The first-order valence-corrected chi connectivity index (χ1v) is 40.0. The number of nitrogens with one attached hydrogen (secondary N) is 14. The van der Waals surface area contributed by atoms with Crippen molar-refractivity contribution < 1.29 is 81.3 Å². The monoisotopic (exact) mass is 1590 g/mol. The lowest BCUT2D eigenvalue weighted by atomic mass is 10.0. The minimum absolute atomic E-state index is 0.00776. The molecule has 2 aromatic carbocycles. The fourth-order valence-corrected chi connectivity index (χ4v) is 12.4. The normalized spacial score (nSPS) is 18.4. The third-order valence-electron chi connectivity index (χ3n) is 18.7. The molecule has 8 atom stereocenters. The van der Waals surface area contributed by atoms with Crippen LogP contribution in [0.5, 0.6) is 0 Å². The van der Waals surface area contributed by atoms with Gasteiger partial charge in [-0.25, -0.2) is 0 Å². The van der Waals surface area contributed by atoms with Crippen LogP contribution < -0.4 is 86.7 Å². The highest BCUT2D eigenvalue weighted by Crippen LogP contribution is 2.21. The van der Waals surface area contributed by atoms with E-state index in [0.29, 0.717) is 50.0 Å². The molecule has 35 heteroatoms. The van der Waals surface area contributed by atoms with Gasteiger partial charge in [0, 0.05) is 69.0 Å². The van der Waals surface area contributed by atoms with Gasteiger partial charge in [-0.1, -0.05) is 139 Å². The molecule has 35 nitrogen and oxygen atoms in total. The van der Waals surface area contributed by atoms with Crippen LogP contribution in [0.4, 0.5) is 0 Å². The van der Waals surface area contributed by atoms with Crippen LogP contribution in [0.3, 0.4) is 0 Å². The number of guanidine groups is 1. The van der Waals surface area contributed by atoms with E-state index in [1.54, 1.807) is 42.6 Å². The van der Waals surface area contributed by atoms with Crippen LogP contribution in [-0.4, -0.2) is 222 Å². The topological polar surface area (TPSA) is 547 Å². The van der Waals surface area contributed by atoms with E-state index in [1.807, 2.05) is 25.1 Å². The number of rotatable bonds is 49. The third-order valence-corrected chi connectivity index (χ3v) is 18.7. The number of aromatic nitrogens is 1. The van der Waals surface area contributed by atoms with Gasteiger partial charge in [-0.15, -0.1) is 0 Å². The maximum absolute atomic E-state index is 14.8. The molecule has 0 unspecified atom stereocenters. The second-order valence-corrected chi connectivity index (χ2v) is 28.1. The first-order chi connectivity index (χ1) is 54.5. The van der Waals surface area contributed by atoms with Gasteiger partial charge in [0.25, 0.3) is 0 Å². The zero-order valence-corrected chi connectivity index (χ0v) is 65.9. The number of ether oxygens (including phenoxy) is 4. The van der Waals surface area contributed by atoms with Crippen LogP contribution in [-0.2, 0) is 94.1 Å². The number of H-pyrrole nitrogens is 1. The van der Waals surface area contributed by atoms with Gasteiger partial charge in [0.15, 0.2) is 5.96 Å². The predicted molar refractivity (Wildman–Crippen MR) is 424 cm³/mol. The molecule has 0 spiro atoms. The first kappa shape index (κ1) is 95.5. The van der Waals surface area contributed by atoms with Gasteiger partial charge < -0.3 is 111 Å². The summed E-state index contributed by atoms with van der Waals surface area (Å²) in [6.07, 6.45) is 15.3. The molecule has 4 rings (SSSR count). The van der Waals surface area contributed by atoms with E-state index < -0.39 is 126 Å². The van der Waals surface area contributed by atoms with E-state index >= 15 is 0 Å². The van der Waals surface area contributed by atoms with Gasteiger partial charge >= 0.3 is 0 Å². The Labute approximate surface area is 662 Å². The summed E-state index contributed by atoms with van der Waals surface area (Å²) in [5.41, 5.74) is 24.9. The number of benzene rings is 2. The molecule has 0 saturated carbocycles. The second-order valence-electron chi connectivity index (χ2n) is 28.1. The minimum atomic E-state index is -1.82. The Morgan fingerprint density at radius 1 is 0.531 bits per heavy atom. The summed E-state index contributed by atoms with van der Waals surface area (Å²) in [4.78, 5) is 182. The number of aromatic amines is 1. The lowest BCUT2D eigenvalue weighted by Crippen LogP contribution is -2.61. The highest BCUT2D eigenvalue weighted by Gasteiger charge is 2.36. The summed E-state index contributed by atoms with van der Waals surface area (Å²) >= 11 is 0. The standard InChI is InChI=1S/C78H126N18O17/c1-3-5-7-8-9-10-11-12-13-14-18-33-66(98)85-39-41-110-43-45-112-51-68(100)86-40-42-111-44-46-113-52-69(101)89-61(35-36-79)74(106)91-58(28-6-4-2)71(103)92-59-31-23-34-67(99)84-37-22-21-30-57(70(81)102)90-76(108)63(48-54-50-88-56-29-20-19-27-55(54)56)95-73(105)60(32-24-38-87-78(82)83)93-75(107)62(47-53-25-16-15-17-26-53)94-77(109)64(49-65(80)97)96-72(59)104/h15-17,19-20,25-27,29,50,57-64,88H,3-14,18,21-24,28,30-49,51-52,79H2,1-2H3,(H2,80,97)(H2,81,102)(H,84,99)(H,85,98)(H,86,100)(H,89,101)(H,90,108)(H,91,106)(H,92,103)(H,93,107)(H,94,109)(H,95,105)(H,96,104)(H4,82,83,87)/t57-,58-,59-,60-,61-,62+,63-,64-/m0/s1. The molecule has 1 saturated heterocycles. The Hall–Kier alpha value is -9.84. The third kappa shape index (κ3) is 41.5. The van der Waals surface area contributed by atoms with E-state index in [2.05, 4.69) is 75.7 Å². The fraction of sp³-hybridized carbons (Fsp3) is 0.641. The van der Waals surface area contributed by atoms with Gasteiger partial charge in [-0.2, -0.15) is 0 Å². The number of hydrogen-bond donors (Lipinski definition) is 18. The Kier molecular flexibility index (Phi) is 48.4. The number of primary amides is 2. The van der Waals surface area contributed by atoms with Crippen molar-refractivity contribution in [1.29, 1.82) is 5.41 Å². The number of hydrogen-bond acceptors (Lipinski definition) is 19. The summed E-state index contributed by atoms with van der Waals surface area (Å²) in [5.74, 6) is -10.3. The molecule has 1 aliphatic heterocycles. The molecule has 1 fully saturated rings. The largest absolute Gasteiger partial charge is 0.377 e. The molecule has 0 aliphatic carbocycles. The van der Waals surface area contributed by atoms with Crippen molar-refractivity contribution in [2.45, 2.75) is 236 Å². The van der Waals surface area contributed by atoms with Gasteiger partial charge in [0.1, 0.15) is 61.5 Å². The van der Waals surface area contributed by atoms with Gasteiger partial charge in [-0.3, -0.25) is 67.7 Å². The number of amides is 13. The quantitative estimate of drug-likeness (QED) is 0.0207. The maximum atomic E-state index is 14.8. The van der Waals surface area contributed by atoms with Gasteiger partial charge in [0.2, 0.25) is 76.8 Å². The first-order valence-electron chi connectivity index (χ1n) is 40.0. The average Bonchev–Trinajstić information content (AvgIpc) is 1.51. The van der Waals surface area contributed by atoms with Crippen molar-refractivity contribution >= 4 is 93.7 Å². The molecule has 22 N–H and O–H groups in total. The van der Waals surface area contributed by atoms with E-state index in [1.165, 1.54) is 51.4 Å². The van der Waals surface area contributed by atoms with E-state index in [4.69, 9.17) is 47.3 Å². The highest BCUT2D eigenvalue weighted by molar-refractivity contribution is 5.99. The van der Waals surface area contributed by atoms with Crippen molar-refractivity contribution in [2.24, 2.45) is 22.9 Å². The molecule has 13 amide bonds. The van der Waals surface area contributed by atoms with E-state index in [-0.39, 0.29) is 154 Å². The zero-order valence-electron chi connectivity index (χ0n) is 65.9. The minimum Gasteiger partial charge on any atom is -0.377 e. The van der Waals surface area contributed by atoms with Crippen LogP contribution >= 0.6 is 0 Å². The lowest BCUT2D eigenvalue weighted by molar-refractivity contribution is -0.136. The number of para-hydroxylation sites is 1. The molecule has 630 valence electrons. The summed E-state index contributed by atoms with van der Waals surface area (Å²) in [7, 11) is 0. The summed E-state index contributed by atoms with van der Waals surface area (Å²) in [6, 6.07) is 3.98. The summed E-state index contributed by atoms with van der Waals surface area (Å²) in [5, 5.41) is 40.6. The SMILES string of the molecule is CCCCCCCCCCCCCC(=O)NCCOCCOCC(=O)NCCOCCOCC(=O)N[C@@H](CCN)C(=O)N[C@@H](CCCC)C(=O)N[C@H]1CCCC(=O)NCCCC[C@@H](C(N)=O)NC(=O)[C@H](Cc2c[nH]c3ccccc23)NC(=O)[C@H](CCCNC(=N)N)NC(=O)[C@@H](Cc2ccccc2)NC(=O)[C@H](CC(N)=O)NC1=O. The molecule has 2 heterocycles. The van der Waals surface area contributed by atoms with Crippen LogP contribution in [0.2, 0.25) is 0 Å². The number of carbonyl (C=O) groups excluding carboxylic acids is 13. The molecule has 113 heavy (non-hydrogen) atoms. The maximum Gasteiger partial charge on any atom is 0.246 e. The number of nitrogens with two attached hydrogens (primary N) is 4. The van der Waals surface area contributed by atoms with Crippen molar-refractivity contribution in [3.05, 3.63) is 71.9 Å². The van der Waals surface area contributed by atoms with Crippen LogP contribution in [0.1, 0.15) is 185 Å². The smallest absolute Gasteiger partial charge is 0.246 e. The van der Waals surface area contributed by atoms with Gasteiger partial charge in [-0.05, 0) is 87.9 Å². The van der Waals surface area contributed by atoms with Crippen molar-refractivity contribution in [2.75, 3.05) is 85.6 Å². The number of unbranched alkanes of at least 4 members (excludes halogenated alkanes) is 11. The molecule has 3 aromatic rings. The Morgan fingerprint density at radius 2 is 1.10 bits per heavy atom. The molecule has 0 radical (unpaired) electrons. The van der Waals surface area contributed by atoms with Gasteiger partial charge in [0.05, 0.1) is 46.1 Å². The average molecular weight is 1590 g/mol. The Balaban J connectivity index is 1.39. The molecular formula is C78H126N18O17. The van der Waals surface area contributed by atoms with Crippen molar-refractivity contribution in [3.8, 4) is 0 Å². The highest BCUT2D eigenvalue weighted by atomic mass is 16.5. The van der Waals surface area contributed by atoms with Crippen LogP contribution in [0.15, 0.2) is 60.8 Å². The van der Waals surface area contributed by atoms with E-state index in [9.17, 15) is 62.3 Å². The van der Waals surface area contributed by atoms with Crippen LogP contribution in [0.25, 0.3) is 10.9 Å². The Bertz CT molecular complexity index is 3420. The summed E-state index contributed by atoms with van der Waals surface area (Å²) in [6.45, 7) is 4.87. The number of carbonyl (C=O) groups is 13. The predicted octanol–water partition coefficient (Wildman–Crippen LogP) is 0.465. The molecular weight excluding hydrogens is 1460 g/mol. The van der Waals surface area contributed by atoms with E-state index in [0.717, 1.165) is 30.2 Å². The number of fused-ring (bicyclic) bond motifs is 1. The fourth-order valence-electron chi connectivity index (χ4n) is 12.4. The zero-order chi connectivity index (χ0) is 82.4. The molecule has 1 aliphatic rings. The second kappa shape index (κ2) is 57.2. The van der Waals surface area contributed by atoms with Crippen LogP contribution in [0, 0.1) is 5.41 Å². The van der Waals surface area contributed by atoms with Crippen molar-refractivity contribution in [1.82, 2.24) is 68.8 Å². The van der Waals surface area contributed by atoms with Crippen molar-refractivity contribution in [3.63, 3.8) is 0 Å². The Morgan fingerprint density at radius 3 is 1.74 bits per heavy atom. The molecule has 1 aromatic heterocycles. The summed E-state index contributed by atoms with van der Waals surface area (Å²) < 4.78 is 21.9. The lowest BCUT2D eigenvalue weighted by Gasteiger charge is -2.28. The molecule has 0 bridgehead atoms.